The van der Waals surface area contributed by atoms with Gasteiger partial charge in [-0.3, -0.25) is 4.79 Å². The first-order chi connectivity index (χ1) is 16.4. The van der Waals surface area contributed by atoms with Gasteiger partial charge in [0.05, 0.1) is 21.7 Å². The molecule has 0 unspecified atom stereocenters. The van der Waals surface area contributed by atoms with Crippen molar-refractivity contribution in [1.82, 2.24) is 8.87 Å². The number of hydrogen-bond donors (Lipinski definition) is 0. The molecule has 3 aromatic rings. The van der Waals surface area contributed by atoms with Gasteiger partial charge in [0.25, 0.3) is 5.91 Å². The molecule has 9 heteroatoms. The Labute approximate surface area is 216 Å². The van der Waals surface area contributed by atoms with E-state index in [-0.39, 0.29) is 23.3 Å². The van der Waals surface area contributed by atoms with Crippen molar-refractivity contribution in [2.24, 2.45) is 16.8 Å². The molecule has 0 aliphatic rings. The van der Waals surface area contributed by atoms with E-state index in [0.29, 0.717) is 28.5 Å². The monoisotopic (exact) mass is 531 g/mol. The Morgan fingerprint density at radius 2 is 1.71 bits per heavy atom. The molecule has 35 heavy (non-hydrogen) atoms. The molecule has 0 radical (unpaired) electrons. The van der Waals surface area contributed by atoms with Crippen LogP contribution in [-0.4, -0.2) is 36.3 Å². The van der Waals surface area contributed by atoms with Crippen molar-refractivity contribution in [2.75, 3.05) is 13.1 Å². The van der Waals surface area contributed by atoms with Gasteiger partial charge in [0.2, 0.25) is 10.0 Å². The summed E-state index contributed by atoms with van der Waals surface area (Å²) < 4.78 is 30.7. The molecule has 3 rings (SSSR count). The molecule has 0 N–H and O–H groups in total. The Kier molecular flexibility index (Phi) is 8.60. The fourth-order valence-electron chi connectivity index (χ4n) is 3.79. The maximum absolute atomic E-state index is 13.2. The summed E-state index contributed by atoms with van der Waals surface area (Å²) in [5.74, 6) is 2.52. The van der Waals surface area contributed by atoms with Crippen molar-refractivity contribution < 1.29 is 13.2 Å². The lowest BCUT2D eigenvalue weighted by Crippen LogP contribution is -2.37. The van der Waals surface area contributed by atoms with Gasteiger partial charge in [0.1, 0.15) is 0 Å². The Morgan fingerprint density at radius 3 is 2.26 bits per heavy atom. The number of sulfonamides is 1. The lowest BCUT2D eigenvalue weighted by atomic mass is 10.2. The Morgan fingerprint density at radius 1 is 1.11 bits per heavy atom. The van der Waals surface area contributed by atoms with Crippen LogP contribution in [0.15, 0.2) is 46.3 Å². The van der Waals surface area contributed by atoms with Crippen LogP contribution < -0.4 is 4.80 Å². The van der Waals surface area contributed by atoms with Gasteiger partial charge in [-0.15, -0.1) is 6.42 Å². The van der Waals surface area contributed by atoms with Crippen LogP contribution in [0.25, 0.3) is 10.2 Å². The van der Waals surface area contributed by atoms with Crippen molar-refractivity contribution in [3.8, 4) is 12.3 Å². The molecule has 0 saturated heterocycles. The van der Waals surface area contributed by atoms with E-state index in [4.69, 9.17) is 18.0 Å². The third-order valence-corrected chi connectivity index (χ3v) is 8.65. The largest absolute Gasteiger partial charge is 0.304 e. The van der Waals surface area contributed by atoms with Crippen molar-refractivity contribution in [3.05, 3.63) is 57.3 Å². The maximum Gasteiger partial charge on any atom is 0.279 e. The second-order valence-corrected chi connectivity index (χ2v) is 12.6. The summed E-state index contributed by atoms with van der Waals surface area (Å²) in [5.41, 5.74) is 2.01. The van der Waals surface area contributed by atoms with E-state index in [9.17, 15) is 13.2 Å². The summed E-state index contributed by atoms with van der Waals surface area (Å²) in [6, 6.07) is 9.63. The van der Waals surface area contributed by atoms with E-state index in [1.807, 2.05) is 46.8 Å². The third-order valence-electron chi connectivity index (χ3n) is 5.35. The van der Waals surface area contributed by atoms with Crippen LogP contribution in [0.3, 0.4) is 0 Å². The Balaban J connectivity index is 1.98. The summed E-state index contributed by atoms with van der Waals surface area (Å²) in [6.07, 6.45) is 5.56. The van der Waals surface area contributed by atoms with E-state index in [0.717, 1.165) is 15.8 Å². The van der Waals surface area contributed by atoms with E-state index >= 15 is 0 Å². The van der Waals surface area contributed by atoms with Crippen LogP contribution in [0.4, 0.5) is 0 Å². The number of aryl methyl sites for hydroxylation is 1. The number of rotatable bonds is 8. The summed E-state index contributed by atoms with van der Waals surface area (Å²) in [4.78, 5) is 17.9. The molecule has 0 bridgehead atoms. The normalized spacial score (nSPS) is 12.7. The molecule has 1 heterocycles. The van der Waals surface area contributed by atoms with E-state index in [2.05, 4.69) is 10.9 Å². The molecule has 0 spiro atoms. The first-order valence-corrected chi connectivity index (χ1v) is 14.0. The van der Waals surface area contributed by atoms with Gasteiger partial charge in [0.15, 0.2) is 4.80 Å². The highest BCUT2D eigenvalue weighted by molar-refractivity contribution is 7.89. The summed E-state index contributed by atoms with van der Waals surface area (Å²) in [7, 11) is -3.68. The first kappa shape index (κ1) is 27.2. The predicted octanol–water partition coefficient (Wildman–Crippen LogP) is 5.34. The minimum Gasteiger partial charge on any atom is -0.304 e. The van der Waals surface area contributed by atoms with Gasteiger partial charge in [-0.25, -0.2) is 8.42 Å². The van der Waals surface area contributed by atoms with Crippen LogP contribution >= 0.6 is 22.9 Å². The number of amides is 1. The Bertz CT molecular complexity index is 1430. The van der Waals surface area contributed by atoms with Gasteiger partial charge in [0, 0.05) is 23.7 Å². The quantitative estimate of drug-likeness (QED) is 0.368. The molecule has 1 aromatic heterocycles. The molecular weight excluding hydrogens is 502 g/mol. The van der Waals surface area contributed by atoms with Crippen molar-refractivity contribution in [2.45, 2.75) is 46.1 Å². The zero-order chi connectivity index (χ0) is 25.9. The third kappa shape index (κ3) is 6.04. The van der Waals surface area contributed by atoms with Crippen LogP contribution in [0.2, 0.25) is 5.02 Å². The first-order valence-electron chi connectivity index (χ1n) is 11.4. The lowest BCUT2D eigenvalue weighted by molar-refractivity contribution is 0.0998. The number of benzene rings is 2. The number of carbonyl (C=O) groups excluding carboxylic acids is 1. The molecule has 1 amide bonds. The van der Waals surface area contributed by atoms with E-state index in [1.165, 1.54) is 39.9 Å². The fraction of sp³-hybridized carbons (Fsp3) is 0.385. The minimum absolute atomic E-state index is 0.157. The molecule has 0 fully saturated rings. The van der Waals surface area contributed by atoms with E-state index in [1.54, 1.807) is 4.57 Å². The van der Waals surface area contributed by atoms with Crippen molar-refractivity contribution in [1.29, 1.82) is 0 Å². The van der Waals surface area contributed by atoms with Crippen LogP contribution in [0.1, 0.15) is 43.6 Å². The van der Waals surface area contributed by atoms with Gasteiger partial charge >= 0.3 is 0 Å². The summed E-state index contributed by atoms with van der Waals surface area (Å²) >= 11 is 7.64. The average molecular weight is 532 g/mol. The summed E-state index contributed by atoms with van der Waals surface area (Å²) in [5, 5.41) is 0.611. The second kappa shape index (κ2) is 11.1. The minimum atomic E-state index is -3.68. The number of carbonyl (C=O) groups is 1. The second-order valence-electron chi connectivity index (χ2n) is 9.25. The number of hydrogen-bond acceptors (Lipinski definition) is 4. The zero-order valence-electron chi connectivity index (χ0n) is 20.6. The van der Waals surface area contributed by atoms with Gasteiger partial charge in [-0.1, -0.05) is 56.6 Å². The lowest BCUT2D eigenvalue weighted by Gasteiger charge is -2.25. The number of nitrogens with zero attached hydrogens (tertiary/aromatic N) is 3. The smallest absolute Gasteiger partial charge is 0.279 e. The van der Waals surface area contributed by atoms with Crippen LogP contribution in [0, 0.1) is 31.1 Å². The molecule has 2 aromatic carbocycles. The highest BCUT2D eigenvalue weighted by Gasteiger charge is 2.26. The zero-order valence-corrected chi connectivity index (χ0v) is 23.0. The van der Waals surface area contributed by atoms with E-state index < -0.39 is 15.9 Å². The average Bonchev–Trinajstić information content (AvgIpc) is 3.13. The topological polar surface area (TPSA) is 71.7 Å². The number of aromatic nitrogens is 1. The van der Waals surface area contributed by atoms with Gasteiger partial charge in [-0.2, -0.15) is 9.30 Å². The number of halogens is 1. The molecule has 6 nitrogen and oxygen atoms in total. The van der Waals surface area contributed by atoms with Gasteiger partial charge in [-0.05, 0) is 60.7 Å². The molecule has 186 valence electrons. The molecule has 0 aliphatic carbocycles. The molecule has 0 saturated carbocycles. The number of fused-ring (bicyclic) bond motifs is 1. The SMILES string of the molecule is C#CCn1c(=NC(=O)c2ccc(S(=O)(=O)N(CC(C)C)CC(C)C)cc2)sc2ccc(Cl)c(C)c21. The number of thiazole rings is 1. The molecule has 0 aliphatic heterocycles. The summed E-state index contributed by atoms with van der Waals surface area (Å²) in [6.45, 7) is 11.0. The fourth-order valence-corrected chi connectivity index (χ4v) is 6.80. The molecular formula is C26H30ClN3O3S2. The standard InChI is InChI=1S/C26H30ClN3O3S2/c1-7-14-30-24-19(6)22(27)12-13-23(24)34-26(30)28-25(31)20-8-10-21(11-9-20)35(32,33)29(15-17(2)3)16-18(4)5/h1,8-13,17-18H,14-16H2,2-6H3. The van der Waals surface area contributed by atoms with Crippen LogP contribution in [0.5, 0.6) is 0 Å². The maximum atomic E-state index is 13.2. The van der Waals surface area contributed by atoms with Crippen LogP contribution in [-0.2, 0) is 16.6 Å². The molecule has 0 atom stereocenters. The van der Waals surface area contributed by atoms with Crippen molar-refractivity contribution in [3.63, 3.8) is 0 Å². The number of terminal acetylenes is 1. The van der Waals surface area contributed by atoms with Crippen molar-refractivity contribution >= 4 is 49.1 Å². The predicted molar refractivity (Wildman–Crippen MR) is 143 cm³/mol. The van der Waals surface area contributed by atoms with Gasteiger partial charge < -0.3 is 4.57 Å². The highest BCUT2D eigenvalue weighted by Crippen LogP contribution is 2.27. The highest BCUT2D eigenvalue weighted by atomic mass is 35.5. The Hall–Kier alpha value is -2.44.